The van der Waals surface area contributed by atoms with E-state index in [1.54, 1.807) is 30.3 Å². The molecular formula is C19H20F3N3O4S. The number of pyridine rings is 1. The van der Waals surface area contributed by atoms with Crippen LogP contribution in [0.3, 0.4) is 0 Å². The summed E-state index contributed by atoms with van der Waals surface area (Å²) in [5.74, 6) is -0.877. The highest BCUT2D eigenvalue weighted by atomic mass is 32.2. The van der Waals surface area contributed by atoms with E-state index in [1.807, 2.05) is 0 Å². The highest BCUT2D eigenvalue weighted by Gasteiger charge is 2.56. The molecule has 0 radical (unpaired) electrons. The number of hydrogen-bond donors (Lipinski definition) is 2. The number of aliphatic hydroxyl groups is 1. The molecule has 7 nitrogen and oxygen atoms in total. The lowest BCUT2D eigenvalue weighted by atomic mass is 9.95. The molecule has 11 heteroatoms. The van der Waals surface area contributed by atoms with Crippen molar-refractivity contribution in [3.63, 3.8) is 0 Å². The van der Waals surface area contributed by atoms with E-state index in [2.05, 4.69) is 9.35 Å². The third-order valence-corrected chi connectivity index (χ3v) is 6.94. The number of rotatable bonds is 6. The Morgan fingerprint density at radius 2 is 1.87 bits per heavy atom. The van der Waals surface area contributed by atoms with Crippen LogP contribution < -0.4 is 10.5 Å². The first-order valence-corrected chi connectivity index (χ1v) is 10.9. The summed E-state index contributed by atoms with van der Waals surface area (Å²) in [4.78, 5) is 15.3. The summed E-state index contributed by atoms with van der Waals surface area (Å²) in [6.07, 6.45) is -4.93. The maximum absolute atomic E-state index is 13.7. The molecule has 1 aliphatic heterocycles. The molecule has 0 fully saturated rings. The van der Waals surface area contributed by atoms with Gasteiger partial charge in [-0.05, 0) is 30.7 Å². The van der Waals surface area contributed by atoms with Gasteiger partial charge >= 0.3 is 6.18 Å². The molecule has 1 amide bonds. The van der Waals surface area contributed by atoms with E-state index in [0.29, 0.717) is 5.75 Å². The molecule has 3 rings (SSSR count). The summed E-state index contributed by atoms with van der Waals surface area (Å²) >= 11 is 0. The van der Waals surface area contributed by atoms with Gasteiger partial charge in [0, 0.05) is 17.9 Å². The van der Waals surface area contributed by atoms with Crippen LogP contribution in [-0.4, -0.2) is 43.9 Å². The zero-order valence-electron chi connectivity index (χ0n) is 15.7. The molecular weight excluding hydrogens is 423 g/mol. The van der Waals surface area contributed by atoms with Gasteiger partial charge in [0.1, 0.15) is 11.5 Å². The second-order valence-electron chi connectivity index (χ2n) is 6.91. The quantitative estimate of drug-likeness (QED) is 0.710. The van der Waals surface area contributed by atoms with Gasteiger partial charge in [0.15, 0.2) is 0 Å². The van der Waals surface area contributed by atoms with Crippen LogP contribution in [0.1, 0.15) is 18.5 Å². The second kappa shape index (κ2) is 8.32. The van der Waals surface area contributed by atoms with Gasteiger partial charge in [-0.2, -0.15) is 17.5 Å². The van der Waals surface area contributed by atoms with Gasteiger partial charge in [0.2, 0.25) is 5.60 Å². The van der Waals surface area contributed by atoms with Crippen LogP contribution in [0.4, 0.5) is 13.2 Å². The van der Waals surface area contributed by atoms with Gasteiger partial charge in [-0.3, -0.25) is 9.78 Å². The number of hydrogen-bond acceptors (Lipinski definition) is 6. The third-order valence-electron chi connectivity index (χ3n) is 4.71. The lowest BCUT2D eigenvalue weighted by Gasteiger charge is -2.31. The van der Waals surface area contributed by atoms with E-state index >= 15 is 0 Å². The van der Waals surface area contributed by atoms with Crippen LogP contribution in [0, 0.1) is 0 Å². The normalized spacial score (nSPS) is 24.0. The van der Waals surface area contributed by atoms with Crippen LogP contribution >= 0.6 is 0 Å². The molecule has 1 aliphatic rings. The number of ether oxygens (including phenoxy) is 1. The molecule has 0 saturated heterocycles. The Morgan fingerprint density at radius 3 is 2.43 bits per heavy atom. The number of benzene rings is 1. The molecule has 0 aliphatic carbocycles. The van der Waals surface area contributed by atoms with Gasteiger partial charge in [-0.15, -0.1) is 0 Å². The Morgan fingerprint density at radius 1 is 1.17 bits per heavy atom. The Hall–Kier alpha value is -2.50. The average Bonchev–Trinajstić information content (AvgIpc) is 2.70. The number of alkyl halides is 3. The number of amides is 1. The van der Waals surface area contributed by atoms with Gasteiger partial charge in [0.05, 0.1) is 27.7 Å². The van der Waals surface area contributed by atoms with Crippen LogP contribution in [0.2, 0.25) is 0 Å². The van der Waals surface area contributed by atoms with E-state index in [0.717, 1.165) is 12.3 Å². The highest BCUT2D eigenvalue weighted by molar-refractivity contribution is 7.93. The first kappa shape index (κ1) is 22.2. The van der Waals surface area contributed by atoms with Crippen LogP contribution in [0.5, 0.6) is 11.5 Å². The first-order chi connectivity index (χ1) is 14.0. The summed E-state index contributed by atoms with van der Waals surface area (Å²) in [5.41, 5.74) is 1.46. The van der Waals surface area contributed by atoms with Crippen molar-refractivity contribution in [3.05, 3.63) is 54.4 Å². The largest absolute Gasteiger partial charge is 0.456 e. The number of para-hydroxylation sites is 1. The van der Waals surface area contributed by atoms with E-state index in [9.17, 15) is 27.3 Å². The molecule has 3 N–H and O–H groups in total. The van der Waals surface area contributed by atoms with Crippen LogP contribution in [-0.2, 0) is 20.1 Å². The Balaban J connectivity index is 1.82. The van der Waals surface area contributed by atoms with Gasteiger partial charge in [-0.25, -0.2) is 4.21 Å². The highest BCUT2D eigenvalue weighted by Crippen LogP contribution is 2.41. The minimum atomic E-state index is -5.09. The van der Waals surface area contributed by atoms with E-state index in [-0.39, 0.29) is 17.9 Å². The summed E-state index contributed by atoms with van der Waals surface area (Å²) < 4.78 is 62.8. The number of carbonyl (C=O) groups is 1. The number of nitrogens with zero attached hydrogens (tertiary/aromatic N) is 2. The lowest BCUT2D eigenvalue weighted by Crippen LogP contribution is -2.45. The maximum atomic E-state index is 13.7. The predicted molar refractivity (Wildman–Crippen MR) is 103 cm³/mol. The second-order valence-corrected chi connectivity index (χ2v) is 9.45. The smallest absolute Gasteiger partial charge is 0.423 e. The molecule has 3 atom stereocenters. The maximum Gasteiger partial charge on any atom is 0.423 e. The average molecular weight is 443 g/mol. The van der Waals surface area contributed by atoms with Crippen molar-refractivity contribution in [2.45, 2.75) is 30.7 Å². The molecule has 0 bridgehead atoms. The minimum absolute atomic E-state index is 0.0649. The first-order valence-electron chi connectivity index (χ1n) is 9.03. The summed E-state index contributed by atoms with van der Waals surface area (Å²) in [6, 6.07) is 9.91. The van der Waals surface area contributed by atoms with Crippen molar-refractivity contribution < 1.29 is 32.0 Å². The van der Waals surface area contributed by atoms with Crippen molar-refractivity contribution in [1.82, 2.24) is 4.98 Å². The van der Waals surface area contributed by atoms with E-state index < -0.39 is 51.3 Å². The van der Waals surface area contributed by atoms with Gasteiger partial charge < -0.3 is 15.6 Å². The summed E-state index contributed by atoms with van der Waals surface area (Å²) in [7, 11) is -3.24. The van der Waals surface area contributed by atoms with Crippen molar-refractivity contribution in [1.29, 1.82) is 0 Å². The number of halogens is 3. The van der Waals surface area contributed by atoms with E-state index in [4.69, 9.17) is 10.5 Å². The van der Waals surface area contributed by atoms with Crippen molar-refractivity contribution in [2.24, 2.45) is 10.1 Å². The lowest BCUT2D eigenvalue weighted by molar-refractivity contribution is -0.268. The monoisotopic (exact) mass is 443 g/mol. The number of carbonyl (C=O) groups excluding carboxylic acids is 1. The van der Waals surface area contributed by atoms with Crippen LogP contribution in [0.15, 0.2) is 53.0 Å². The van der Waals surface area contributed by atoms with Crippen LogP contribution in [0.25, 0.3) is 0 Å². The molecule has 30 heavy (non-hydrogen) atoms. The van der Waals surface area contributed by atoms with Crippen molar-refractivity contribution in [3.8, 4) is 11.5 Å². The zero-order valence-corrected chi connectivity index (χ0v) is 16.5. The SMILES string of the molecule is N[C@H]1CCS(=O)(CCC(O)(c2ccc(Oc3ccccc3)cn2)C(F)(F)F)=NC1=O. The molecule has 0 spiro atoms. The van der Waals surface area contributed by atoms with Gasteiger partial charge in [0.25, 0.3) is 5.91 Å². The minimum Gasteiger partial charge on any atom is -0.456 e. The Kier molecular flexibility index (Phi) is 6.16. The van der Waals surface area contributed by atoms with Crippen molar-refractivity contribution in [2.75, 3.05) is 11.5 Å². The van der Waals surface area contributed by atoms with Gasteiger partial charge in [-0.1, -0.05) is 18.2 Å². The molecule has 1 aromatic heterocycles. The van der Waals surface area contributed by atoms with Crippen molar-refractivity contribution >= 4 is 15.6 Å². The van der Waals surface area contributed by atoms with E-state index in [1.165, 1.54) is 6.07 Å². The Bertz CT molecular complexity index is 1020. The number of nitrogens with two attached hydrogens (primary N) is 1. The zero-order chi connectivity index (χ0) is 22.0. The molecule has 0 saturated carbocycles. The molecule has 2 aromatic rings. The summed E-state index contributed by atoms with van der Waals surface area (Å²) in [5, 5.41) is 10.5. The molecule has 2 heterocycles. The fourth-order valence-corrected chi connectivity index (χ4v) is 4.98. The Labute approximate surface area is 171 Å². The number of aromatic nitrogens is 1. The predicted octanol–water partition coefficient (Wildman–Crippen LogP) is 2.74. The summed E-state index contributed by atoms with van der Waals surface area (Å²) in [6.45, 7) is 0. The molecule has 1 aromatic carbocycles. The third kappa shape index (κ3) is 4.79. The standard InChI is InChI=1S/C19H20F3N3O4S/c20-19(21,22)18(27,9-11-30(28)10-8-15(23)17(26)25-30)16-7-6-14(12-24-16)29-13-4-2-1-3-5-13/h1-7,12,15,27H,8-11,23H2/t15-,18?,30?/m0/s1. The molecule has 2 unspecified atom stereocenters. The topological polar surface area (TPSA) is 115 Å². The fraction of sp³-hybridized carbons (Fsp3) is 0.368. The fourth-order valence-electron chi connectivity index (χ4n) is 2.89. The molecule has 162 valence electrons.